The van der Waals surface area contributed by atoms with Crippen molar-refractivity contribution in [2.24, 2.45) is 0 Å². The van der Waals surface area contributed by atoms with Crippen molar-refractivity contribution >= 4 is 0 Å². The number of benzene rings is 9. The summed E-state index contributed by atoms with van der Waals surface area (Å²) in [6.07, 6.45) is 0. The Hall–Kier alpha value is -8.21. The van der Waals surface area contributed by atoms with Gasteiger partial charge < -0.3 is 4.74 Å². The van der Waals surface area contributed by atoms with E-state index in [4.69, 9.17) is 19.7 Å². The van der Waals surface area contributed by atoms with Gasteiger partial charge in [-0.2, -0.15) is 0 Å². The quantitative estimate of drug-likeness (QED) is 0.168. The molecule has 1 aromatic heterocycles. The summed E-state index contributed by atoms with van der Waals surface area (Å²) in [5.41, 5.74) is 16.1. The SMILES string of the molecule is c1ccc(-c2nc(-c3cccc(-c4cccc(-c5cccc6c5Oc5ccccc5C65c6ccccc6-c6ccccc65)c4)c3)nc(-c3ccccc3-c3ccccc3)n2)cc1. The maximum Gasteiger partial charge on any atom is 0.164 e. The number of rotatable bonds is 6. The van der Waals surface area contributed by atoms with E-state index in [0.29, 0.717) is 17.5 Å². The second-order valence-corrected chi connectivity index (χ2v) is 15.9. The monoisotopic (exact) mass is 791 g/mol. The van der Waals surface area contributed by atoms with Crippen LogP contribution in [0.1, 0.15) is 22.3 Å². The summed E-state index contributed by atoms with van der Waals surface area (Å²) in [4.78, 5) is 15.4. The molecule has 2 aliphatic rings. The van der Waals surface area contributed by atoms with Crippen molar-refractivity contribution in [2.45, 2.75) is 5.41 Å². The van der Waals surface area contributed by atoms with Gasteiger partial charge in [-0.1, -0.05) is 206 Å². The summed E-state index contributed by atoms with van der Waals surface area (Å²) >= 11 is 0. The molecule has 9 aromatic carbocycles. The summed E-state index contributed by atoms with van der Waals surface area (Å²) in [5.74, 6) is 3.62. The first-order valence-electron chi connectivity index (χ1n) is 21.0. The molecule has 0 N–H and O–H groups in total. The van der Waals surface area contributed by atoms with Gasteiger partial charge in [0.1, 0.15) is 11.5 Å². The van der Waals surface area contributed by atoms with Crippen molar-refractivity contribution in [1.29, 1.82) is 0 Å². The average molecular weight is 792 g/mol. The maximum atomic E-state index is 7.01. The predicted molar refractivity (Wildman–Crippen MR) is 250 cm³/mol. The van der Waals surface area contributed by atoms with Crippen LogP contribution in [0.3, 0.4) is 0 Å². The van der Waals surface area contributed by atoms with E-state index in [1.165, 1.54) is 22.3 Å². The molecule has 12 rings (SSSR count). The van der Waals surface area contributed by atoms with Crippen LogP contribution in [0.4, 0.5) is 0 Å². The molecule has 0 amide bonds. The highest BCUT2D eigenvalue weighted by Gasteiger charge is 2.51. The van der Waals surface area contributed by atoms with Gasteiger partial charge >= 0.3 is 0 Å². The third kappa shape index (κ3) is 5.65. The van der Waals surface area contributed by atoms with Gasteiger partial charge in [0.2, 0.25) is 0 Å². The molecule has 290 valence electrons. The Morgan fingerprint density at radius 3 is 1.40 bits per heavy atom. The van der Waals surface area contributed by atoms with Gasteiger partial charge in [-0.3, -0.25) is 0 Å². The van der Waals surface area contributed by atoms with E-state index in [0.717, 1.165) is 72.7 Å². The highest BCUT2D eigenvalue weighted by Crippen LogP contribution is 2.63. The molecule has 0 fully saturated rings. The largest absolute Gasteiger partial charge is 0.456 e. The van der Waals surface area contributed by atoms with E-state index in [-0.39, 0.29) is 0 Å². The number of hydrogen-bond acceptors (Lipinski definition) is 4. The fraction of sp³-hybridized carbons (Fsp3) is 0.0172. The van der Waals surface area contributed by atoms with Crippen LogP contribution in [0.15, 0.2) is 224 Å². The molecule has 2 heterocycles. The molecule has 62 heavy (non-hydrogen) atoms. The Kier molecular flexibility index (Phi) is 8.36. The zero-order valence-electron chi connectivity index (χ0n) is 33.6. The molecular weight excluding hydrogens is 755 g/mol. The number of aromatic nitrogens is 3. The van der Waals surface area contributed by atoms with Crippen molar-refractivity contribution in [2.75, 3.05) is 0 Å². The van der Waals surface area contributed by atoms with Gasteiger partial charge in [0, 0.05) is 33.4 Å². The van der Waals surface area contributed by atoms with Crippen molar-refractivity contribution in [3.8, 4) is 90.2 Å². The minimum atomic E-state index is -0.525. The van der Waals surface area contributed by atoms with E-state index >= 15 is 0 Å². The lowest BCUT2D eigenvalue weighted by atomic mass is 9.65. The van der Waals surface area contributed by atoms with Crippen molar-refractivity contribution < 1.29 is 4.74 Å². The summed E-state index contributed by atoms with van der Waals surface area (Å²) in [5, 5.41) is 0. The lowest BCUT2D eigenvalue weighted by molar-refractivity contribution is 0.438. The van der Waals surface area contributed by atoms with E-state index in [9.17, 15) is 0 Å². The zero-order valence-corrected chi connectivity index (χ0v) is 33.6. The summed E-state index contributed by atoms with van der Waals surface area (Å²) in [6.45, 7) is 0. The lowest BCUT2D eigenvalue weighted by Gasteiger charge is -2.40. The first kappa shape index (κ1) is 35.7. The van der Waals surface area contributed by atoms with Crippen LogP contribution >= 0.6 is 0 Å². The fourth-order valence-electron chi connectivity index (χ4n) is 9.70. The van der Waals surface area contributed by atoms with Crippen molar-refractivity contribution in [3.63, 3.8) is 0 Å². The molecule has 1 spiro atoms. The Morgan fingerprint density at radius 2 is 0.710 bits per heavy atom. The first-order valence-corrected chi connectivity index (χ1v) is 21.0. The number of nitrogens with zero attached hydrogens (tertiary/aromatic N) is 3. The fourth-order valence-corrected chi connectivity index (χ4v) is 9.70. The van der Waals surface area contributed by atoms with Gasteiger partial charge in [-0.15, -0.1) is 0 Å². The Morgan fingerprint density at radius 1 is 0.274 bits per heavy atom. The van der Waals surface area contributed by atoms with Crippen LogP contribution in [0, 0.1) is 0 Å². The van der Waals surface area contributed by atoms with Crippen molar-refractivity contribution in [1.82, 2.24) is 15.0 Å². The summed E-state index contributed by atoms with van der Waals surface area (Å²) in [6, 6.07) is 79.0. The average Bonchev–Trinajstić information content (AvgIpc) is 3.65. The molecule has 0 bridgehead atoms. The second kappa shape index (κ2) is 14.5. The van der Waals surface area contributed by atoms with Crippen LogP contribution in [-0.2, 0) is 5.41 Å². The highest BCUT2D eigenvalue weighted by molar-refractivity contribution is 5.91. The molecule has 4 nitrogen and oxygen atoms in total. The molecule has 1 aliphatic carbocycles. The predicted octanol–water partition coefficient (Wildman–Crippen LogP) is 14.3. The van der Waals surface area contributed by atoms with E-state index in [1.54, 1.807) is 0 Å². The standard InChI is InChI=1S/C58H37N3O/c1-3-18-38(19-4-1)44-26-7-8-29-48(44)57-60-55(39-20-5-2-6-21-39)59-56(61-57)43-25-16-23-41(37-43)40-22-15-24-42(36-40)45-30-17-34-52-54(45)62-53-35-14-13-33-51(53)58(52)49-31-11-9-27-46(49)47-28-10-12-32-50(47)58/h1-37H. The number of ether oxygens (including phenoxy) is 1. The molecule has 4 heteroatoms. The first-order chi connectivity index (χ1) is 30.7. The molecular formula is C58H37N3O. The number of hydrogen-bond donors (Lipinski definition) is 0. The molecule has 0 radical (unpaired) electrons. The van der Waals surface area contributed by atoms with E-state index < -0.39 is 5.41 Å². The lowest BCUT2D eigenvalue weighted by Crippen LogP contribution is -2.32. The smallest absolute Gasteiger partial charge is 0.164 e. The van der Waals surface area contributed by atoms with Gasteiger partial charge in [0.05, 0.1) is 5.41 Å². The van der Waals surface area contributed by atoms with Crippen LogP contribution < -0.4 is 4.74 Å². The van der Waals surface area contributed by atoms with Crippen LogP contribution in [0.25, 0.3) is 78.7 Å². The Labute approximate surface area is 360 Å². The molecule has 0 unspecified atom stereocenters. The summed E-state index contributed by atoms with van der Waals surface area (Å²) in [7, 11) is 0. The number of para-hydroxylation sites is 2. The molecule has 0 saturated heterocycles. The van der Waals surface area contributed by atoms with Gasteiger partial charge in [0.15, 0.2) is 17.5 Å². The zero-order chi connectivity index (χ0) is 41.0. The van der Waals surface area contributed by atoms with E-state index in [1.807, 2.05) is 42.5 Å². The summed E-state index contributed by atoms with van der Waals surface area (Å²) < 4.78 is 7.01. The second-order valence-electron chi connectivity index (χ2n) is 15.9. The minimum absolute atomic E-state index is 0.525. The Balaban J connectivity index is 0.982. The van der Waals surface area contributed by atoms with Crippen LogP contribution in [-0.4, -0.2) is 15.0 Å². The molecule has 0 saturated carbocycles. The van der Waals surface area contributed by atoms with Crippen LogP contribution in [0.2, 0.25) is 0 Å². The molecule has 0 atom stereocenters. The maximum absolute atomic E-state index is 7.01. The molecule has 10 aromatic rings. The third-order valence-corrected chi connectivity index (χ3v) is 12.4. The normalized spacial score (nSPS) is 12.8. The van der Waals surface area contributed by atoms with Gasteiger partial charge in [-0.25, -0.2) is 15.0 Å². The third-order valence-electron chi connectivity index (χ3n) is 12.4. The van der Waals surface area contributed by atoms with Gasteiger partial charge in [-0.05, 0) is 68.3 Å². The molecule has 1 aliphatic heterocycles. The highest BCUT2D eigenvalue weighted by atomic mass is 16.5. The number of fused-ring (bicyclic) bond motifs is 9. The minimum Gasteiger partial charge on any atom is -0.456 e. The van der Waals surface area contributed by atoms with Crippen LogP contribution in [0.5, 0.6) is 11.5 Å². The topological polar surface area (TPSA) is 47.9 Å². The van der Waals surface area contributed by atoms with Crippen molar-refractivity contribution in [3.05, 3.63) is 247 Å². The van der Waals surface area contributed by atoms with Gasteiger partial charge in [0.25, 0.3) is 0 Å². The Bertz CT molecular complexity index is 3290. The van der Waals surface area contributed by atoms with E-state index in [2.05, 4.69) is 182 Å².